The van der Waals surface area contributed by atoms with E-state index in [4.69, 9.17) is 31.0 Å². The van der Waals surface area contributed by atoms with Crippen molar-refractivity contribution in [1.29, 1.82) is 0 Å². The third-order valence-electron chi connectivity index (χ3n) is 5.23. The average molecular weight is 440 g/mol. The minimum absolute atomic E-state index is 0.168. The molecule has 32 heavy (non-hydrogen) atoms. The Balaban J connectivity index is 1.62. The first kappa shape index (κ1) is 21.9. The van der Waals surface area contributed by atoms with Crippen LogP contribution in [0.2, 0.25) is 0 Å². The molecule has 1 unspecified atom stereocenters. The number of morpholine rings is 1. The van der Waals surface area contributed by atoms with Crippen molar-refractivity contribution in [2.75, 3.05) is 46.6 Å². The van der Waals surface area contributed by atoms with Gasteiger partial charge in [-0.3, -0.25) is 0 Å². The number of phenols is 1. The van der Waals surface area contributed by atoms with Crippen LogP contribution in [-0.2, 0) is 9.47 Å². The van der Waals surface area contributed by atoms with E-state index in [2.05, 4.69) is 10.2 Å². The number of nitrogens with two attached hydrogens (primary N) is 2. The molecular weight excluding hydrogens is 410 g/mol. The maximum absolute atomic E-state index is 9.93. The largest absolute Gasteiger partial charge is 0.508 e. The molecular formula is C22H29N7O3. The molecule has 3 aliphatic heterocycles. The Morgan fingerprint density at radius 1 is 1.38 bits per heavy atom. The minimum Gasteiger partial charge on any atom is -0.508 e. The predicted molar refractivity (Wildman–Crippen MR) is 123 cm³/mol. The highest BCUT2D eigenvalue weighted by Crippen LogP contribution is 2.25. The van der Waals surface area contributed by atoms with Crippen molar-refractivity contribution >= 4 is 11.7 Å². The average Bonchev–Trinajstić information content (AvgIpc) is 2.78. The SMILES string of the molecule is COC/C(N)=C/N(N)CC1=CNC2C(=C1)N=C(c1cccc(O)c1)N=C2N1CCOCC1. The van der Waals surface area contributed by atoms with E-state index >= 15 is 0 Å². The number of methoxy groups -OCH3 is 1. The summed E-state index contributed by atoms with van der Waals surface area (Å²) in [7, 11) is 1.58. The minimum atomic E-state index is -0.168. The maximum Gasteiger partial charge on any atom is 0.161 e. The van der Waals surface area contributed by atoms with E-state index in [1.165, 1.54) is 5.01 Å². The highest BCUT2D eigenvalue weighted by molar-refractivity contribution is 6.11. The zero-order valence-corrected chi connectivity index (χ0v) is 18.1. The highest BCUT2D eigenvalue weighted by atomic mass is 16.5. The van der Waals surface area contributed by atoms with Gasteiger partial charge in [0, 0.05) is 38.2 Å². The van der Waals surface area contributed by atoms with Gasteiger partial charge in [0.25, 0.3) is 0 Å². The lowest BCUT2D eigenvalue weighted by atomic mass is 10.0. The first-order valence-corrected chi connectivity index (χ1v) is 10.5. The Kier molecular flexibility index (Phi) is 6.74. The van der Waals surface area contributed by atoms with Crippen LogP contribution in [0.4, 0.5) is 0 Å². The van der Waals surface area contributed by atoms with Gasteiger partial charge in [0.2, 0.25) is 0 Å². The van der Waals surface area contributed by atoms with Crippen molar-refractivity contribution in [2.45, 2.75) is 6.04 Å². The molecule has 10 nitrogen and oxygen atoms in total. The fraction of sp³-hybridized carbons (Fsp3) is 0.364. The number of rotatable bonds is 6. The van der Waals surface area contributed by atoms with E-state index in [0.29, 0.717) is 37.9 Å². The number of hydrogen-bond donors (Lipinski definition) is 4. The number of phenolic OH excluding ortho intramolecular Hbond substituents is 1. The molecule has 0 spiro atoms. The summed E-state index contributed by atoms with van der Waals surface area (Å²) in [6.07, 6.45) is 5.59. The molecule has 0 radical (unpaired) electrons. The third-order valence-corrected chi connectivity index (χ3v) is 5.23. The normalized spacial score (nSPS) is 21.0. The van der Waals surface area contributed by atoms with Crippen LogP contribution in [0, 0.1) is 0 Å². The number of fused-ring (bicyclic) bond motifs is 1. The van der Waals surface area contributed by atoms with Gasteiger partial charge in [-0.05, 0) is 23.8 Å². The smallest absolute Gasteiger partial charge is 0.161 e. The second-order valence-corrected chi connectivity index (χ2v) is 7.75. The number of aliphatic imine (C=N–C) groups is 2. The molecule has 1 atom stereocenters. The molecule has 1 saturated heterocycles. The molecule has 0 saturated carbocycles. The predicted octanol–water partition coefficient (Wildman–Crippen LogP) is 0.245. The summed E-state index contributed by atoms with van der Waals surface area (Å²) in [6, 6.07) is 6.79. The second kappa shape index (κ2) is 9.86. The number of benzene rings is 1. The second-order valence-electron chi connectivity index (χ2n) is 7.75. The summed E-state index contributed by atoms with van der Waals surface area (Å²) in [6.45, 7) is 3.58. The molecule has 170 valence electrons. The first-order chi connectivity index (χ1) is 15.5. The van der Waals surface area contributed by atoms with Crippen LogP contribution in [0.3, 0.4) is 0 Å². The summed E-state index contributed by atoms with van der Waals surface area (Å²) < 4.78 is 10.5. The van der Waals surface area contributed by atoms with Crippen molar-refractivity contribution in [3.05, 3.63) is 65.3 Å². The zero-order chi connectivity index (χ0) is 22.5. The Labute approximate surface area is 187 Å². The van der Waals surface area contributed by atoms with Crippen LogP contribution in [0.1, 0.15) is 5.56 Å². The number of dihydropyridines is 1. The van der Waals surface area contributed by atoms with E-state index in [9.17, 15) is 5.11 Å². The number of ether oxygens (including phenoxy) is 2. The van der Waals surface area contributed by atoms with Crippen LogP contribution in [0.15, 0.2) is 69.7 Å². The van der Waals surface area contributed by atoms with Crippen molar-refractivity contribution in [1.82, 2.24) is 15.2 Å². The topological polar surface area (TPSA) is 134 Å². The fourth-order valence-corrected chi connectivity index (χ4v) is 3.80. The Morgan fingerprint density at radius 3 is 2.94 bits per heavy atom. The van der Waals surface area contributed by atoms with Gasteiger partial charge in [0.05, 0.1) is 37.8 Å². The third kappa shape index (κ3) is 5.10. The molecule has 3 heterocycles. The van der Waals surface area contributed by atoms with Crippen molar-refractivity contribution in [2.24, 2.45) is 21.6 Å². The summed E-state index contributed by atoms with van der Waals surface area (Å²) in [4.78, 5) is 11.9. The standard InChI is InChI=1S/C22H29N7O3/c1-31-14-17(23)13-29(24)12-15-9-19-20(25-11-15)22(28-5-7-32-8-6-28)27-21(26-19)16-3-2-4-18(30)10-16/h2-4,9-11,13,20,25,30H,5-8,12,14,23-24H2,1H3/b17-13-. The van der Waals surface area contributed by atoms with E-state index in [1.54, 1.807) is 31.5 Å². The lowest BCUT2D eigenvalue weighted by Gasteiger charge is -2.37. The van der Waals surface area contributed by atoms with Crippen molar-refractivity contribution in [3.63, 3.8) is 0 Å². The van der Waals surface area contributed by atoms with Gasteiger partial charge in [0.15, 0.2) is 5.84 Å². The molecule has 6 N–H and O–H groups in total. The molecule has 0 bridgehead atoms. The van der Waals surface area contributed by atoms with Gasteiger partial charge in [-0.25, -0.2) is 15.8 Å². The molecule has 1 fully saturated rings. The van der Waals surface area contributed by atoms with Gasteiger partial charge >= 0.3 is 0 Å². The first-order valence-electron chi connectivity index (χ1n) is 10.5. The molecule has 4 rings (SSSR count). The van der Waals surface area contributed by atoms with E-state index in [-0.39, 0.29) is 11.8 Å². The molecule has 3 aliphatic rings. The number of aromatic hydroxyl groups is 1. The molecule has 10 heteroatoms. The van der Waals surface area contributed by atoms with Crippen LogP contribution >= 0.6 is 0 Å². The highest BCUT2D eigenvalue weighted by Gasteiger charge is 2.32. The van der Waals surface area contributed by atoms with Crippen LogP contribution in [-0.4, -0.2) is 79.3 Å². The van der Waals surface area contributed by atoms with E-state index < -0.39 is 0 Å². The monoisotopic (exact) mass is 439 g/mol. The number of nitrogens with one attached hydrogen (secondary N) is 1. The van der Waals surface area contributed by atoms with Gasteiger partial charge in [0.1, 0.15) is 17.6 Å². The number of hydrogen-bond acceptors (Lipinski definition) is 10. The molecule has 1 aromatic carbocycles. The Hall–Kier alpha value is -3.34. The lowest BCUT2D eigenvalue weighted by Crippen LogP contribution is -2.52. The van der Waals surface area contributed by atoms with Gasteiger partial charge < -0.3 is 35.5 Å². The quantitative estimate of drug-likeness (QED) is 0.366. The van der Waals surface area contributed by atoms with Gasteiger partial charge in [-0.2, -0.15) is 0 Å². The Morgan fingerprint density at radius 2 is 2.19 bits per heavy atom. The summed E-state index contributed by atoms with van der Waals surface area (Å²) in [5, 5.41) is 14.9. The Bertz CT molecular complexity index is 993. The van der Waals surface area contributed by atoms with Crippen LogP contribution in [0.25, 0.3) is 0 Å². The molecule has 0 amide bonds. The summed E-state index contributed by atoms with van der Waals surface area (Å²) >= 11 is 0. The molecule has 0 aromatic heterocycles. The number of nitrogens with zero attached hydrogens (tertiary/aromatic N) is 4. The van der Waals surface area contributed by atoms with Gasteiger partial charge in [-0.15, -0.1) is 0 Å². The van der Waals surface area contributed by atoms with Gasteiger partial charge in [-0.1, -0.05) is 12.1 Å². The summed E-state index contributed by atoms with van der Waals surface area (Å²) in [5.41, 5.74) is 8.95. The van der Waals surface area contributed by atoms with Crippen molar-refractivity contribution < 1.29 is 14.6 Å². The van der Waals surface area contributed by atoms with Crippen molar-refractivity contribution in [3.8, 4) is 5.75 Å². The van der Waals surface area contributed by atoms with E-state index in [0.717, 1.165) is 35.8 Å². The molecule has 1 aromatic rings. The zero-order valence-electron chi connectivity index (χ0n) is 18.1. The van der Waals surface area contributed by atoms with E-state index in [1.807, 2.05) is 18.3 Å². The number of amidine groups is 2. The van der Waals surface area contributed by atoms with Crippen LogP contribution < -0.4 is 16.9 Å². The number of hydrazine groups is 1. The maximum atomic E-state index is 9.93. The molecule has 0 aliphatic carbocycles. The fourth-order valence-electron chi connectivity index (χ4n) is 3.80. The summed E-state index contributed by atoms with van der Waals surface area (Å²) in [5.74, 6) is 7.71. The lowest BCUT2D eigenvalue weighted by molar-refractivity contribution is 0.0668. The van der Waals surface area contributed by atoms with Crippen LogP contribution in [0.5, 0.6) is 5.75 Å².